The molecule has 0 aromatic carbocycles. The van der Waals surface area contributed by atoms with Crippen LogP contribution in [0.25, 0.3) is 0 Å². The molecular weight excluding hydrogens is 224 g/mol. The molecule has 2 fully saturated rings. The van der Waals surface area contributed by atoms with Crippen molar-refractivity contribution in [3.63, 3.8) is 0 Å². The van der Waals surface area contributed by atoms with Crippen LogP contribution in [0.4, 0.5) is 0 Å². The standard InChI is InChI=1S/C16H24O2/c1-10(17)14-5-6-15-13-4-3-12(18)9-11(13)7-8-16(14,15)2/h3-4,10-11,13-15,17H,5-9H2,1-2H3/t10?,11?,13?,14-,15?,16-/m0/s1. The van der Waals surface area contributed by atoms with Crippen molar-refractivity contribution in [3.8, 4) is 0 Å². The summed E-state index contributed by atoms with van der Waals surface area (Å²) < 4.78 is 0. The van der Waals surface area contributed by atoms with E-state index in [1.165, 1.54) is 12.8 Å². The fourth-order valence-electron chi connectivity index (χ4n) is 5.18. The Morgan fingerprint density at radius 2 is 2.17 bits per heavy atom. The average Bonchev–Trinajstić information content (AvgIpc) is 2.66. The van der Waals surface area contributed by atoms with Gasteiger partial charge in [-0.1, -0.05) is 13.0 Å². The molecule has 2 heteroatoms. The van der Waals surface area contributed by atoms with Crippen LogP contribution in [0, 0.1) is 29.1 Å². The smallest absolute Gasteiger partial charge is 0.155 e. The fraction of sp³-hybridized carbons (Fsp3) is 0.812. The zero-order valence-electron chi connectivity index (χ0n) is 11.4. The Labute approximate surface area is 109 Å². The predicted molar refractivity (Wildman–Crippen MR) is 71.0 cm³/mol. The van der Waals surface area contributed by atoms with Crippen LogP contribution >= 0.6 is 0 Å². The minimum atomic E-state index is -0.189. The number of ketones is 1. The number of aliphatic hydroxyl groups is 1. The Morgan fingerprint density at radius 1 is 1.39 bits per heavy atom. The van der Waals surface area contributed by atoms with Gasteiger partial charge < -0.3 is 5.11 Å². The Kier molecular flexibility index (Phi) is 2.89. The third kappa shape index (κ3) is 1.69. The summed E-state index contributed by atoms with van der Waals surface area (Å²) in [4.78, 5) is 11.5. The van der Waals surface area contributed by atoms with Gasteiger partial charge in [0.1, 0.15) is 0 Å². The molecule has 100 valence electrons. The van der Waals surface area contributed by atoms with Crippen molar-refractivity contribution in [1.29, 1.82) is 0 Å². The highest BCUT2D eigenvalue weighted by Crippen LogP contribution is 2.60. The zero-order valence-corrected chi connectivity index (χ0v) is 11.4. The van der Waals surface area contributed by atoms with Crippen LogP contribution in [0.5, 0.6) is 0 Å². The van der Waals surface area contributed by atoms with Crippen molar-refractivity contribution < 1.29 is 9.90 Å². The number of hydrogen-bond acceptors (Lipinski definition) is 2. The third-order valence-electron chi connectivity index (χ3n) is 6.10. The molecule has 3 rings (SSSR count). The molecule has 0 aromatic heterocycles. The number of carbonyl (C=O) groups excluding carboxylic acids is 1. The normalized spacial score (nSPS) is 48.7. The van der Waals surface area contributed by atoms with E-state index in [1.54, 1.807) is 0 Å². The number of allylic oxidation sites excluding steroid dienone is 2. The lowest BCUT2D eigenvalue weighted by molar-refractivity contribution is -0.118. The molecular formula is C16H24O2. The average molecular weight is 248 g/mol. The zero-order chi connectivity index (χ0) is 12.9. The van der Waals surface area contributed by atoms with Crippen molar-refractivity contribution in [3.05, 3.63) is 12.2 Å². The van der Waals surface area contributed by atoms with E-state index in [4.69, 9.17) is 0 Å². The largest absolute Gasteiger partial charge is 0.393 e. The topological polar surface area (TPSA) is 37.3 Å². The van der Waals surface area contributed by atoms with Crippen molar-refractivity contribution >= 4 is 5.78 Å². The maximum absolute atomic E-state index is 11.5. The molecule has 0 aliphatic heterocycles. The van der Waals surface area contributed by atoms with Crippen LogP contribution in [0.2, 0.25) is 0 Å². The lowest BCUT2D eigenvalue weighted by Crippen LogP contribution is -2.44. The molecule has 2 nitrogen and oxygen atoms in total. The van der Waals surface area contributed by atoms with Crippen molar-refractivity contribution in [2.45, 2.75) is 52.1 Å². The second-order valence-corrected chi connectivity index (χ2v) is 6.94. The molecule has 0 bridgehead atoms. The molecule has 0 saturated heterocycles. The molecule has 3 aliphatic carbocycles. The van der Waals surface area contributed by atoms with Gasteiger partial charge in [-0.2, -0.15) is 0 Å². The summed E-state index contributed by atoms with van der Waals surface area (Å²) in [6.45, 7) is 4.33. The molecule has 0 amide bonds. The van der Waals surface area contributed by atoms with Gasteiger partial charge in [0.25, 0.3) is 0 Å². The van der Waals surface area contributed by atoms with E-state index < -0.39 is 0 Å². The second-order valence-electron chi connectivity index (χ2n) is 6.94. The van der Waals surface area contributed by atoms with Crippen molar-refractivity contribution in [2.24, 2.45) is 29.1 Å². The highest BCUT2D eigenvalue weighted by Gasteiger charge is 2.54. The van der Waals surface area contributed by atoms with E-state index >= 15 is 0 Å². The van der Waals surface area contributed by atoms with Crippen LogP contribution in [-0.4, -0.2) is 17.0 Å². The fourth-order valence-corrected chi connectivity index (χ4v) is 5.18. The Morgan fingerprint density at radius 3 is 2.89 bits per heavy atom. The van der Waals surface area contributed by atoms with Gasteiger partial charge in [-0.3, -0.25) is 4.79 Å². The van der Waals surface area contributed by atoms with Crippen LogP contribution in [0.15, 0.2) is 12.2 Å². The second kappa shape index (κ2) is 4.19. The first-order valence-corrected chi connectivity index (χ1v) is 7.41. The molecule has 6 atom stereocenters. The van der Waals surface area contributed by atoms with Gasteiger partial charge >= 0.3 is 0 Å². The van der Waals surface area contributed by atoms with E-state index in [0.717, 1.165) is 19.3 Å². The lowest BCUT2D eigenvalue weighted by Gasteiger charge is -2.49. The summed E-state index contributed by atoms with van der Waals surface area (Å²) in [7, 11) is 0. The summed E-state index contributed by atoms with van der Waals surface area (Å²) in [6, 6.07) is 0. The molecule has 0 heterocycles. The summed E-state index contributed by atoms with van der Waals surface area (Å²) in [6.07, 6.45) is 9.30. The van der Waals surface area contributed by atoms with E-state index in [2.05, 4.69) is 13.0 Å². The summed E-state index contributed by atoms with van der Waals surface area (Å²) in [5.41, 5.74) is 0.292. The maximum atomic E-state index is 11.5. The molecule has 1 N–H and O–H groups in total. The minimum absolute atomic E-state index is 0.189. The van der Waals surface area contributed by atoms with Crippen LogP contribution in [-0.2, 0) is 4.79 Å². The van der Waals surface area contributed by atoms with Gasteiger partial charge in [0, 0.05) is 6.42 Å². The quantitative estimate of drug-likeness (QED) is 0.774. The number of fused-ring (bicyclic) bond motifs is 3. The first kappa shape index (κ1) is 12.4. The van der Waals surface area contributed by atoms with Crippen LogP contribution in [0.3, 0.4) is 0 Å². The van der Waals surface area contributed by atoms with Gasteiger partial charge in [0.2, 0.25) is 0 Å². The highest BCUT2D eigenvalue weighted by molar-refractivity contribution is 5.90. The van der Waals surface area contributed by atoms with Gasteiger partial charge in [-0.05, 0) is 67.8 Å². The first-order valence-electron chi connectivity index (χ1n) is 7.41. The van der Waals surface area contributed by atoms with Crippen molar-refractivity contribution in [1.82, 2.24) is 0 Å². The Balaban J connectivity index is 1.89. The summed E-state index contributed by atoms with van der Waals surface area (Å²) in [5.74, 6) is 2.61. The Bertz CT molecular complexity index is 385. The van der Waals surface area contributed by atoms with Crippen LogP contribution < -0.4 is 0 Å². The molecule has 0 aromatic rings. The number of carbonyl (C=O) groups is 1. The summed E-state index contributed by atoms with van der Waals surface area (Å²) >= 11 is 0. The van der Waals surface area contributed by atoms with Gasteiger partial charge in [-0.25, -0.2) is 0 Å². The molecule has 3 aliphatic rings. The SMILES string of the molecule is CC(O)[C@@H]1CCC2C3C=CC(=O)CC3CC[C@]21C. The van der Waals surface area contributed by atoms with E-state index in [-0.39, 0.29) is 6.10 Å². The first-order chi connectivity index (χ1) is 8.52. The predicted octanol–water partition coefficient (Wildman–Crippen LogP) is 2.95. The lowest BCUT2D eigenvalue weighted by atomic mass is 9.56. The highest BCUT2D eigenvalue weighted by atomic mass is 16.3. The summed E-state index contributed by atoms with van der Waals surface area (Å²) in [5, 5.41) is 10.0. The van der Waals surface area contributed by atoms with Gasteiger partial charge in [-0.15, -0.1) is 0 Å². The van der Waals surface area contributed by atoms with Crippen LogP contribution in [0.1, 0.15) is 46.0 Å². The van der Waals surface area contributed by atoms with Crippen molar-refractivity contribution in [2.75, 3.05) is 0 Å². The van der Waals surface area contributed by atoms with E-state index in [9.17, 15) is 9.90 Å². The van der Waals surface area contributed by atoms with E-state index in [0.29, 0.717) is 34.9 Å². The maximum Gasteiger partial charge on any atom is 0.155 e. The Hall–Kier alpha value is -0.630. The molecule has 0 radical (unpaired) electrons. The monoisotopic (exact) mass is 248 g/mol. The molecule has 4 unspecified atom stereocenters. The molecule has 2 saturated carbocycles. The number of rotatable bonds is 1. The third-order valence-corrected chi connectivity index (χ3v) is 6.10. The van der Waals surface area contributed by atoms with E-state index in [1.807, 2.05) is 13.0 Å². The van der Waals surface area contributed by atoms with Gasteiger partial charge in [0.05, 0.1) is 6.10 Å². The number of hydrogen-bond donors (Lipinski definition) is 1. The molecule has 18 heavy (non-hydrogen) atoms. The number of aliphatic hydroxyl groups excluding tert-OH is 1. The molecule has 0 spiro atoms. The van der Waals surface area contributed by atoms with Gasteiger partial charge in [0.15, 0.2) is 5.78 Å². The minimum Gasteiger partial charge on any atom is -0.393 e.